The predicted octanol–water partition coefficient (Wildman–Crippen LogP) is 6.45. The number of unbranched alkanes of at least 4 members (excludes halogenated alkanes) is 8. The SMILES string of the molecule is CCCCCCOC(=O)CCCCCCCCC(=O)OC(C(C)C)C(C)C. The zero-order chi connectivity index (χ0) is 20.5. The molecule has 0 aliphatic heterocycles. The van der Waals surface area contributed by atoms with E-state index in [0.29, 0.717) is 31.3 Å². The topological polar surface area (TPSA) is 52.6 Å². The van der Waals surface area contributed by atoms with E-state index in [2.05, 4.69) is 34.6 Å². The minimum atomic E-state index is -0.0657. The summed E-state index contributed by atoms with van der Waals surface area (Å²) in [5.74, 6) is 0.595. The molecule has 160 valence electrons. The smallest absolute Gasteiger partial charge is 0.306 e. The molecule has 0 aliphatic carbocycles. The van der Waals surface area contributed by atoms with Gasteiger partial charge in [-0.3, -0.25) is 9.59 Å². The Hall–Kier alpha value is -1.06. The van der Waals surface area contributed by atoms with Crippen LogP contribution in [0.4, 0.5) is 0 Å². The summed E-state index contributed by atoms with van der Waals surface area (Å²) < 4.78 is 10.8. The fourth-order valence-corrected chi connectivity index (χ4v) is 3.29. The number of esters is 2. The lowest BCUT2D eigenvalue weighted by Crippen LogP contribution is -2.28. The van der Waals surface area contributed by atoms with Crippen LogP contribution in [0.1, 0.15) is 112 Å². The van der Waals surface area contributed by atoms with Crippen molar-refractivity contribution in [1.29, 1.82) is 0 Å². The fraction of sp³-hybridized carbons (Fsp3) is 0.913. The van der Waals surface area contributed by atoms with Gasteiger partial charge in [-0.1, -0.05) is 79.6 Å². The summed E-state index contributed by atoms with van der Waals surface area (Å²) in [7, 11) is 0. The number of carbonyl (C=O) groups is 2. The molecule has 0 unspecified atom stereocenters. The monoisotopic (exact) mass is 384 g/mol. The molecule has 27 heavy (non-hydrogen) atoms. The van der Waals surface area contributed by atoms with Crippen molar-refractivity contribution in [3.8, 4) is 0 Å². The van der Waals surface area contributed by atoms with E-state index in [4.69, 9.17) is 9.47 Å². The summed E-state index contributed by atoms with van der Waals surface area (Å²) >= 11 is 0. The normalized spacial score (nSPS) is 11.4. The minimum absolute atomic E-state index is 0.0175. The number of hydrogen-bond acceptors (Lipinski definition) is 4. The van der Waals surface area contributed by atoms with Crippen LogP contribution in [-0.4, -0.2) is 24.6 Å². The maximum Gasteiger partial charge on any atom is 0.306 e. The average molecular weight is 385 g/mol. The number of ether oxygens (including phenoxy) is 2. The van der Waals surface area contributed by atoms with Crippen molar-refractivity contribution in [3.05, 3.63) is 0 Å². The van der Waals surface area contributed by atoms with Crippen molar-refractivity contribution in [2.24, 2.45) is 11.8 Å². The quantitative estimate of drug-likeness (QED) is 0.213. The van der Waals surface area contributed by atoms with E-state index in [-0.39, 0.29) is 18.0 Å². The lowest BCUT2D eigenvalue weighted by atomic mass is 9.96. The molecular formula is C23H44O4. The van der Waals surface area contributed by atoms with E-state index in [0.717, 1.165) is 51.4 Å². The maximum absolute atomic E-state index is 11.9. The van der Waals surface area contributed by atoms with Gasteiger partial charge in [0.2, 0.25) is 0 Å². The van der Waals surface area contributed by atoms with Crippen LogP contribution in [0.2, 0.25) is 0 Å². The first-order valence-corrected chi connectivity index (χ1v) is 11.2. The molecule has 0 atom stereocenters. The molecule has 4 heteroatoms. The van der Waals surface area contributed by atoms with E-state index in [1.165, 1.54) is 12.8 Å². The molecule has 0 N–H and O–H groups in total. The lowest BCUT2D eigenvalue weighted by Gasteiger charge is -2.24. The third-order valence-corrected chi connectivity index (χ3v) is 4.85. The van der Waals surface area contributed by atoms with Crippen molar-refractivity contribution in [1.82, 2.24) is 0 Å². The Morgan fingerprint density at radius 2 is 1.15 bits per heavy atom. The Morgan fingerprint density at radius 3 is 1.67 bits per heavy atom. The third-order valence-electron chi connectivity index (χ3n) is 4.85. The second-order valence-corrected chi connectivity index (χ2v) is 8.34. The van der Waals surface area contributed by atoms with Crippen LogP contribution in [0.15, 0.2) is 0 Å². The summed E-state index contributed by atoms with van der Waals surface area (Å²) in [5, 5.41) is 0. The highest BCUT2D eigenvalue weighted by atomic mass is 16.5. The van der Waals surface area contributed by atoms with Crippen molar-refractivity contribution in [2.75, 3.05) is 6.61 Å². The number of carbonyl (C=O) groups excluding carboxylic acids is 2. The van der Waals surface area contributed by atoms with Gasteiger partial charge in [-0.05, 0) is 31.1 Å². The Labute approximate surface area is 167 Å². The lowest BCUT2D eigenvalue weighted by molar-refractivity contribution is -0.154. The zero-order valence-electron chi connectivity index (χ0n) is 18.6. The van der Waals surface area contributed by atoms with E-state index in [9.17, 15) is 9.59 Å². The first-order valence-electron chi connectivity index (χ1n) is 11.2. The van der Waals surface area contributed by atoms with Gasteiger partial charge in [0.25, 0.3) is 0 Å². The summed E-state index contributed by atoms with van der Waals surface area (Å²) in [6.07, 6.45) is 11.7. The molecule has 0 aliphatic rings. The van der Waals surface area contributed by atoms with Crippen molar-refractivity contribution >= 4 is 11.9 Å². The van der Waals surface area contributed by atoms with E-state index in [1.54, 1.807) is 0 Å². The minimum Gasteiger partial charge on any atom is -0.466 e. The molecule has 0 heterocycles. The Kier molecular flexibility index (Phi) is 16.4. The fourth-order valence-electron chi connectivity index (χ4n) is 3.29. The van der Waals surface area contributed by atoms with E-state index in [1.807, 2.05) is 0 Å². The molecule has 0 saturated carbocycles. The maximum atomic E-state index is 11.9. The molecule has 0 spiro atoms. The van der Waals surface area contributed by atoms with Crippen LogP contribution in [0.25, 0.3) is 0 Å². The van der Waals surface area contributed by atoms with Crippen LogP contribution in [0, 0.1) is 11.8 Å². The van der Waals surface area contributed by atoms with Gasteiger partial charge in [0.05, 0.1) is 6.61 Å². The number of rotatable bonds is 17. The van der Waals surface area contributed by atoms with Crippen LogP contribution < -0.4 is 0 Å². The summed E-state index contributed by atoms with van der Waals surface area (Å²) in [5.41, 5.74) is 0. The van der Waals surface area contributed by atoms with Gasteiger partial charge < -0.3 is 9.47 Å². The summed E-state index contributed by atoms with van der Waals surface area (Å²) in [6, 6.07) is 0. The van der Waals surface area contributed by atoms with Gasteiger partial charge in [-0.25, -0.2) is 0 Å². The highest BCUT2D eigenvalue weighted by Crippen LogP contribution is 2.18. The molecule has 4 nitrogen and oxygen atoms in total. The molecule has 0 aromatic carbocycles. The molecule has 0 aromatic heterocycles. The number of hydrogen-bond donors (Lipinski definition) is 0. The van der Waals surface area contributed by atoms with Gasteiger partial charge >= 0.3 is 11.9 Å². The van der Waals surface area contributed by atoms with Crippen molar-refractivity contribution in [2.45, 2.75) is 118 Å². The largest absolute Gasteiger partial charge is 0.466 e. The summed E-state index contributed by atoms with van der Waals surface area (Å²) in [4.78, 5) is 23.5. The zero-order valence-corrected chi connectivity index (χ0v) is 18.6. The molecule has 0 rings (SSSR count). The summed E-state index contributed by atoms with van der Waals surface area (Å²) in [6.45, 7) is 11.1. The van der Waals surface area contributed by atoms with E-state index >= 15 is 0 Å². The van der Waals surface area contributed by atoms with Gasteiger partial charge in [0.1, 0.15) is 6.10 Å². The molecule has 0 radical (unpaired) electrons. The third kappa shape index (κ3) is 15.7. The van der Waals surface area contributed by atoms with Crippen LogP contribution in [-0.2, 0) is 19.1 Å². The Balaban J connectivity index is 3.51. The van der Waals surface area contributed by atoms with Gasteiger partial charge in [0.15, 0.2) is 0 Å². The van der Waals surface area contributed by atoms with Gasteiger partial charge in [-0.15, -0.1) is 0 Å². The molecule has 0 amide bonds. The second kappa shape index (κ2) is 17.1. The van der Waals surface area contributed by atoms with E-state index < -0.39 is 0 Å². The Bertz CT molecular complexity index is 369. The highest BCUT2D eigenvalue weighted by molar-refractivity contribution is 5.69. The molecule has 0 saturated heterocycles. The predicted molar refractivity (Wildman–Crippen MR) is 112 cm³/mol. The average Bonchev–Trinajstić information content (AvgIpc) is 2.61. The second-order valence-electron chi connectivity index (χ2n) is 8.34. The van der Waals surface area contributed by atoms with Gasteiger partial charge in [-0.2, -0.15) is 0 Å². The highest BCUT2D eigenvalue weighted by Gasteiger charge is 2.21. The first-order chi connectivity index (χ1) is 12.9. The van der Waals surface area contributed by atoms with Crippen molar-refractivity contribution < 1.29 is 19.1 Å². The van der Waals surface area contributed by atoms with Crippen LogP contribution in [0.5, 0.6) is 0 Å². The first kappa shape index (κ1) is 25.9. The Morgan fingerprint density at radius 1 is 0.667 bits per heavy atom. The molecule has 0 aromatic rings. The standard InChI is InChI=1S/C23H44O4/c1-6-7-8-15-18-26-21(24)16-13-11-9-10-12-14-17-22(25)27-23(19(2)3)20(4)5/h19-20,23H,6-18H2,1-5H3. The molecule has 0 bridgehead atoms. The van der Waals surface area contributed by atoms with Crippen LogP contribution >= 0.6 is 0 Å². The van der Waals surface area contributed by atoms with Crippen LogP contribution in [0.3, 0.4) is 0 Å². The van der Waals surface area contributed by atoms with Gasteiger partial charge in [0, 0.05) is 12.8 Å². The van der Waals surface area contributed by atoms with Crippen molar-refractivity contribution in [3.63, 3.8) is 0 Å². The molecular weight excluding hydrogens is 340 g/mol. The molecule has 0 fully saturated rings.